The van der Waals surface area contributed by atoms with Gasteiger partial charge in [0.2, 0.25) is 21.8 Å². The van der Waals surface area contributed by atoms with Gasteiger partial charge in [0.25, 0.3) is 0 Å². The van der Waals surface area contributed by atoms with E-state index in [1.807, 2.05) is 49.4 Å². The number of benzene rings is 3. The van der Waals surface area contributed by atoms with Crippen molar-refractivity contribution < 1.29 is 18.0 Å². The number of rotatable bonds is 11. The lowest BCUT2D eigenvalue weighted by Gasteiger charge is -2.34. The summed E-state index contributed by atoms with van der Waals surface area (Å²) in [6, 6.07) is 19.2. The molecule has 0 radical (unpaired) electrons. The van der Waals surface area contributed by atoms with E-state index in [0.717, 1.165) is 52.9 Å². The minimum Gasteiger partial charge on any atom is -0.352 e. The van der Waals surface area contributed by atoms with Gasteiger partial charge in [-0.15, -0.1) is 0 Å². The van der Waals surface area contributed by atoms with Gasteiger partial charge >= 0.3 is 0 Å². The molecule has 0 aromatic heterocycles. The third-order valence-corrected chi connectivity index (χ3v) is 9.49. The molecule has 4 rings (SSSR count). The molecule has 0 heterocycles. The highest BCUT2D eigenvalue weighted by Gasteiger charge is 2.34. The average Bonchev–Trinajstić information content (AvgIpc) is 3.45. The molecule has 1 saturated carbocycles. The number of hydrogen-bond donors (Lipinski definition) is 1. The first-order chi connectivity index (χ1) is 19.9. The second kappa shape index (κ2) is 13.9. The lowest BCUT2D eigenvalue weighted by Crippen LogP contribution is -2.54. The van der Waals surface area contributed by atoms with Crippen LogP contribution in [0.1, 0.15) is 47.9 Å². The van der Waals surface area contributed by atoms with Crippen molar-refractivity contribution in [3.8, 4) is 0 Å². The average molecular weight is 631 g/mol. The summed E-state index contributed by atoms with van der Waals surface area (Å²) in [6.07, 6.45) is 5.20. The zero-order valence-corrected chi connectivity index (χ0v) is 26.5. The fourth-order valence-electron chi connectivity index (χ4n) is 5.34. The molecule has 42 heavy (non-hydrogen) atoms. The Hall–Kier alpha value is -3.07. The van der Waals surface area contributed by atoms with Crippen LogP contribution in [-0.2, 0) is 32.6 Å². The molecule has 1 aliphatic rings. The topological polar surface area (TPSA) is 86.8 Å². The van der Waals surface area contributed by atoms with Crippen LogP contribution >= 0.6 is 23.2 Å². The van der Waals surface area contributed by atoms with Crippen LogP contribution in [0.2, 0.25) is 10.0 Å². The fraction of sp³-hybridized carbons (Fsp3) is 0.375. The Morgan fingerprint density at radius 1 is 0.929 bits per heavy atom. The third kappa shape index (κ3) is 8.27. The molecule has 1 fully saturated rings. The second-order valence-corrected chi connectivity index (χ2v) is 13.7. The Morgan fingerprint density at radius 3 is 2.26 bits per heavy atom. The van der Waals surface area contributed by atoms with Crippen LogP contribution < -0.4 is 9.62 Å². The summed E-state index contributed by atoms with van der Waals surface area (Å²) in [4.78, 5) is 29.7. The number of hydrogen-bond acceptors (Lipinski definition) is 4. The van der Waals surface area contributed by atoms with Gasteiger partial charge < -0.3 is 10.2 Å². The first-order valence-corrected chi connectivity index (χ1v) is 16.7. The predicted octanol–water partition coefficient (Wildman–Crippen LogP) is 6.08. The molecule has 224 valence electrons. The molecule has 3 aromatic carbocycles. The van der Waals surface area contributed by atoms with Gasteiger partial charge in [0.05, 0.1) is 22.0 Å². The van der Waals surface area contributed by atoms with E-state index in [-0.39, 0.29) is 24.9 Å². The Balaban J connectivity index is 1.76. The monoisotopic (exact) mass is 629 g/mol. The lowest BCUT2D eigenvalue weighted by molar-refractivity contribution is -0.140. The Kier molecular flexibility index (Phi) is 10.6. The molecule has 1 aliphatic carbocycles. The fourth-order valence-corrected chi connectivity index (χ4v) is 6.56. The van der Waals surface area contributed by atoms with Crippen molar-refractivity contribution in [3.63, 3.8) is 0 Å². The highest BCUT2D eigenvalue weighted by Crippen LogP contribution is 2.27. The molecule has 10 heteroatoms. The molecule has 1 N–H and O–H groups in total. The minimum absolute atomic E-state index is 0.0374. The number of nitrogens with one attached hydrogen (secondary N) is 1. The summed E-state index contributed by atoms with van der Waals surface area (Å²) in [5, 5.41) is 3.86. The van der Waals surface area contributed by atoms with Gasteiger partial charge in [-0.2, -0.15) is 0 Å². The first-order valence-electron chi connectivity index (χ1n) is 14.0. The summed E-state index contributed by atoms with van der Waals surface area (Å²) < 4.78 is 27.2. The Morgan fingerprint density at radius 2 is 1.62 bits per heavy atom. The van der Waals surface area contributed by atoms with E-state index in [1.165, 1.54) is 4.90 Å². The maximum atomic E-state index is 14.3. The molecule has 3 aromatic rings. The molecule has 0 saturated heterocycles. The number of anilines is 1. The molecular weight excluding hydrogens is 593 g/mol. The highest BCUT2D eigenvalue weighted by atomic mass is 35.5. The van der Waals surface area contributed by atoms with Crippen molar-refractivity contribution in [1.29, 1.82) is 0 Å². The van der Waals surface area contributed by atoms with Gasteiger partial charge in [0.1, 0.15) is 12.6 Å². The van der Waals surface area contributed by atoms with Crippen LogP contribution in [0.15, 0.2) is 66.7 Å². The van der Waals surface area contributed by atoms with Crippen molar-refractivity contribution in [3.05, 3.63) is 99.0 Å². The number of halogens is 2. The Bertz CT molecular complexity index is 1530. The standard InChI is InChI=1S/C32H37Cl2N3O4S/c1-22-13-14-23(2)29(17-22)37(42(3,40)41)21-31(38)36(20-25-15-16-27(33)28(34)18-25)30(19-24-9-5-4-6-10-24)32(39)35-26-11-7-8-12-26/h4-6,9-10,13-18,26,30H,7-8,11-12,19-21H2,1-3H3,(H,35,39)/t30-/m1/s1. The van der Waals surface area contributed by atoms with Crippen molar-refractivity contribution in [2.24, 2.45) is 0 Å². The summed E-state index contributed by atoms with van der Waals surface area (Å²) in [7, 11) is -3.85. The van der Waals surface area contributed by atoms with Crippen molar-refractivity contribution in [1.82, 2.24) is 10.2 Å². The molecule has 1 atom stereocenters. The van der Waals surface area contributed by atoms with E-state index in [0.29, 0.717) is 21.3 Å². The third-order valence-electron chi connectivity index (χ3n) is 7.62. The second-order valence-electron chi connectivity index (χ2n) is 11.0. The summed E-state index contributed by atoms with van der Waals surface area (Å²) in [5.41, 5.74) is 3.56. The number of carbonyl (C=O) groups is 2. The normalized spacial score (nSPS) is 14.4. The van der Waals surface area contributed by atoms with Crippen LogP contribution in [0.3, 0.4) is 0 Å². The highest BCUT2D eigenvalue weighted by molar-refractivity contribution is 7.92. The van der Waals surface area contributed by atoms with Gasteiger partial charge in [0.15, 0.2) is 0 Å². The number of amides is 2. The zero-order chi connectivity index (χ0) is 30.4. The first kappa shape index (κ1) is 31.9. The molecule has 0 spiro atoms. The van der Waals surface area contributed by atoms with E-state index < -0.39 is 28.5 Å². The van der Waals surface area contributed by atoms with Gasteiger partial charge in [0, 0.05) is 19.0 Å². The maximum absolute atomic E-state index is 14.3. The lowest BCUT2D eigenvalue weighted by atomic mass is 10.0. The van der Waals surface area contributed by atoms with Crippen LogP contribution in [0.25, 0.3) is 0 Å². The molecule has 7 nitrogen and oxygen atoms in total. The molecule has 0 bridgehead atoms. The van der Waals surface area contributed by atoms with Crippen molar-refractivity contribution in [2.45, 2.75) is 64.6 Å². The smallest absolute Gasteiger partial charge is 0.244 e. The van der Waals surface area contributed by atoms with Crippen LogP contribution in [0, 0.1) is 13.8 Å². The maximum Gasteiger partial charge on any atom is 0.244 e. The molecule has 2 amide bonds. The van der Waals surface area contributed by atoms with Crippen molar-refractivity contribution in [2.75, 3.05) is 17.1 Å². The molecule has 0 unspecified atom stereocenters. The van der Waals surface area contributed by atoms with E-state index in [4.69, 9.17) is 23.2 Å². The number of sulfonamides is 1. The van der Waals surface area contributed by atoms with Gasteiger partial charge in [-0.25, -0.2) is 8.42 Å². The Labute approximate surface area is 258 Å². The van der Waals surface area contributed by atoms with E-state index in [2.05, 4.69) is 5.32 Å². The number of nitrogens with zero attached hydrogens (tertiary/aromatic N) is 2. The van der Waals surface area contributed by atoms with Crippen LogP contribution in [0.5, 0.6) is 0 Å². The van der Waals surface area contributed by atoms with E-state index in [1.54, 1.807) is 31.2 Å². The van der Waals surface area contributed by atoms with Crippen LogP contribution in [-0.4, -0.2) is 50.0 Å². The summed E-state index contributed by atoms with van der Waals surface area (Å²) in [6.45, 7) is 3.24. The summed E-state index contributed by atoms with van der Waals surface area (Å²) in [5.74, 6) is -0.772. The van der Waals surface area contributed by atoms with E-state index >= 15 is 0 Å². The van der Waals surface area contributed by atoms with Gasteiger partial charge in [-0.3, -0.25) is 13.9 Å². The SMILES string of the molecule is Cc1ccc(C)c(N(CC(=O)N(Cc2ccc(Cl)c(Cl)c2)[C@H](Cc2ccccc2)C(=O)NC2CCCC2)S(C)(=O)=O)c1. The number of aryl methyl sites for hydroxylation is 2. The van der Waals surface area contributed by atoms with Crippen LogP contribution in [0.4, 0.5) is 5.69 Å². The number of carbonyl (C=O) groups excluding carboxylic acids is 2. The van der Waals surface area contributed by atoms with Gasteiger partial charge in [-0.1, -0.05) is 84.6 Å². The van der Waals surface area contributed by atoms with Crippen molar-refractivity contribution >= 4 is 50.7 Å². The predicted molar refractivity (Wildman–Crippen MR) is 169 cm³/mol. The molecular formula is C32H37Cl2N3O4S. The zero-order valence-electron chi connectivity index (χ0n) is 24.1. The van der Waals surface area contributed by atoms with E-state index in [9.17, 15) is 18.0 Å². The molecule has 0 aliphatic heterocycles. The summed E-state index contributed by atoms with van der Waals surface area (Å²) >= 11 is 12.5. The van der Waals surface area contributed by atoms with Gasteiger partial charge in [-0.05, 0) is 67.1 Å². The minimum atomic E-state index is -3.85. The quantitative estimate of drug-likeness (QED) is 0.279. The largest absolute Gasteiger partial charge is 0.352 e.